The van der Waals surface area contributed by atoms with Gasteiger partial charge in [-0.15, -0.1) is 0 Å². The Kier molecular flexibility index (Phi) is 63.1. The van der Waals surface area contributed by atoms with E-state index in [-0.39, 0.29) is 227 Å². The van der Waals surface area contributed by atoms with Gasteiger partial charge in [0.05, 0.1) is 144 Å². The lowest BCUT2D eigenvalue weighted by Gasteiger charge is -2.22. The first-order valence-corrected chi connectivity index (χ1v) is 29.1. The summed E-state index contributed by atoms with van der Waals surface area (Å²) in [5.74, 6) is -4.94. The molecule has 91 heavy (non-hydrogen) atoms. The van der Waals surface area contributed by atoms with E-state index in [0.29, 0.717) is 77.6 Å². The number of carbonyl (C=O) groups is 9. The van der Waals surface area contributed by atoms with E-state index in [1.54, 1.807) is 20.8 Å². The van der Waals surface area contributed by atoms with Gasteiger partial charge in [-0.3, -0.25) is 28.8 Å². The van der Waals surface area contributed by atoms with Gasteiger partial charge >= 0.3 is 35.8 Å². The Labute approximate surface area is 538 Å². The van der Waals surface area contributed by atoms with Crippen LogP contribution in [0.2, 0.25) is 0 Å². The molecule has 6 atom stereocenters. The number of hydrogen-bond donors (Lipinski definition) is 9. The molecule has 0 bridgehead atoms. The van der Waals surface area contributed by atoms with E-state index in [9.17, 15) is 43.2 Å². The van der Waals surface area contributed by atoms with Crippen LogP contribution < -0.4 is 0 Å². The third kappa shape index (κ3) is 56.5. The lowest BCUT2D eigenvalue weighted by atomic mass is 10.1. The standard InChI is InChI=1S/C20H34O10.C17H28O8.C14H22O6.2C3H8O3.4CH4/c1-19(27-13-15(11-21)29-19)7-5-17(23)25-9-3-4-10-26-18(24)6-8-20(2)28-14-16(12-22)30-20;1-13(19)5-6-15(20)22-9-3-4-10-23-16(21)7-8-17(2)24-12-14(11-18)25-17;1-11(15)5-7-13(17)19-9-3-4-10-20-14(18)8-6-12(2)16;2*4-1-3(6)2-5;;;;/h15-16,21-22H,3-14H2,1-2H3;14,18H,3-12H2,1-2H3;3-10H2,1-2H3;2*3-6H,1-2H2;4*1H4. The summed E-state index contributed by atoms with van der Waals surface area (Å²) >= 11 is 0. The highest BCUT2D eigenvalue weighted by molar-refractivity contribution is 5.82. The first kappa shape index (κ1) is 97.3. The molecule has 0 aromatic heterocycles. The van der Waals surface area contributed by atoms with Gasteiger partial charge in [-0.25, -0.2) is 0 Å². The molecule has 3 saturated heterocycles. The van der Waals surface area contributed by atoms with Crippen LogP contribution in [0.15, 0.2) is 0 Å². The highest BCUT2D eigenvalue weighted by Gasteiger charge is 2.39. The number of unbranched alkanes of at least 4 members (excludes halogenated alkanes) is 3. The number of Topliss-reactive ketones (excluding diaryl/α,β-unsaturated/α-hetero) is 3. The Morgan fingerprint density at radius 1 is 0.352 bits per heavy atom. The Morgan fingerprint density at radius 3 is 0.681 bits per heavy atom. The molecule has 0 aliphatic carbocycles. The fourth-order valence-corrected chi connectivity index (χ4v) is 6.83. The van der Waals surface area contributed by atoms with Crippen LogP contribution in [0.25, 0.3) is 0 Å². The molecule has 0 spiro atoms. The summed E-state index contributed by atoms with van der Waals surface area (Å²) in [6.45, 7) is 10.1. The number of rotatable bonds is 40. The highest BCUT2D eigenvalue weighted by atomic mass is 16.8. The molecule has 3 aliphatic rings. The molecule has 0 aromatic rings. The molecule has 3 rings (SSSR count). The topological polar surface area (TPSA) is 446 Å². The summed E-state index contributed by atoms with van der Waals surface area (Å²) in [6, 6.07) is 0. The van der Waals surface area contributed by atoms with Crippen molar-refractivity contribution in [2.75, 3.05) is 106 Å². The molecule has 3 aliphatic heterocycles. The number of esters is 6. The minimum absolute atomic E-state index is 0. The number of hydrogen-bond acceptors (Lipinski definition) is 30. The first-order valence-electron chi connectivity index (χ1n) is 29.1. The average molecular weight is 1330 g/mol. The molecule has 0 aromatic carbocycles. The maximum Gasteiger partial charge on any atom is 0.306 e. The molecule has 0 amide bonds. The van der Waals surface area contributed by atoms with Gasteiger partial charge in [-0.05, 0) is 80.1 Å². The molecule has 6 unspecified atom stereocenters. The minimum Gasteiger partial charge on any atom is -0.466 e. The summed E-state index contributed by atoms with van der Waals surface area (Å²) in [6.07, 6.45) is 3.00. The van der Waals surface area contributed by atoms with Crippen LogP contribution in [0.3, 0.4) is 0 Å². The van der Waals surface area contributed by atoms with Crippen molar-refractivity contribution < 1.29 is 146 Å². The SMILES string of the molecule is C.C.C.C.CC(=O)CCC(=O)OCCCCOC(=O)CCC(C)=O.CC(=O)CCC(=O)OCCCCOC(=O)CCC1(C)OCC(CO)O1.CC1(CCC(=O)OCCCCOC(=O)CCC2(C)OCC(CO)O2)OCC(CO)O1.OCC(O)CO.OCC(O)CO. The summed E-state index contributed by atoms with van der Waals surface area (Å²) in [5.41, 5.74) is 0. The Balaban J connectivity index is -0.000000270. The monoisotopic (exact) mass is 1330 g/mol. The van der Waals surface area contributed by atoms with Gasteiger partial charge in [0.25, 0.3) is 0 Å². The van der Waals surface area contributed by atoms with Crippen LogP contribution in [0, 0.1) is 0 Å². The largest absolute Gasteiger partial charge is 0.466 e. The average Bonchev–Trinajstić information content (AvgIpc) is 1.92. The van der Waals surface area contributed by atoms with Crippen molar-refractivity contribution >= 4 is 53.2 Å². The summed E-state index contributed by atoms with van der Waals surface area (Å²) in [5, 5.41) is 75.2. The van der Waals surface area contributed by atoms with E-state index < -0.39 is 47.5 Å². The Bertz CT molecular complexity index is 1820. The molecular weight excluding hydrogens is 1210 g/mol. The Morgan fingerprint density at radius 2 is 0.538 bits per heavy atom. The van der Waals surface area contributed by atoms with Crippen LogP contribution in [0.5, 0.6) is 0 Å². The molecular formula is C61H116O30. The molecule has 3 heterocycles. The Hall–Kier alpha value is -4.77. The second-order valence-corrected chi connectivity index (χ2v) is 20.7. The van der Waals surface area contributed by atoms with Crippen LogP contribution in [0.1, 0.15) is 187 Å². The van der Waals surface area contributed by atoms with E-state index in [2.05, 4.69) is 0 Å². The number of carbonyl (C=O) groups excluding carboxylic acids is 9. The van der Waals surface area contributed by atoms with Gasteiger partial charge in [-0.2, -0.15) is 0 Å². The normalized spacial score (nSPS) is 19.9. The van der Waals surface area contributed by atoms with E-state index >= 15 is 0 Å². The predicted octanol–water partition coefficient (Wildman–Crippen LogP) is 2.59. The number of aliphatic hydroxyl groups is 9. The number of aliphatic hydroxyl groups excluding tert-OH is 9. The van der Waals surface area contributed by atoms with E-state index in [1.807, 2.05) is 0 Å². The lowest BCUT2D eigenvalue weighted by Crippen LogP contribution is -2.28. The van der Waals surface area contributed by atoms with Crippen molar-refractivity contribution in [2.45, 2.75) is 235 Å². The number of ether oxygens (including phenoxy) is 12. The minimum atomic E-state index is -0.954. The van der Waals surface area contributed by atoms with Crippen molar-refractivity contribution in [3.63, 3.8) is 0 Å². The van der Waals surface area contributed by atoms with E-state index in [4.69, 9.17) is 103 Å². The van der Waals surface area contributed by atoms with Crippen molar-refractivity contribution in [2.24, 2.45) is 0 Å². The fraction of sp³-hybridized carbons (Fsp3) is 0.852. The van der Waals surface area contributed by atoms with Crippen LogP contribution in [0.4, 0.5) is 0 Å². The maximum atomic E-state index is 11.8. The smallest absolute Gasteiger partial charge is 0.306 e. The predicted molar refractivity (Wildman–Crippen MR) is 327 cm³/mol. The van der Waals surface area contributed by atoms with Gasteiger partial charge in [0.1, 0.15) is 47.9 Å². The molecule has 30 nitrogen and oxygen atoms in total. The van der Waals surface area contributed by atoms with Gasteiger partial charge in [0.2, 0.25) is 0 Å². The molecule has 3 fully saturated rings. The fourth-order valence-electron chi connectivity index (χ4n) is 6.83. The molecule has 540 valence electrons. The zero-order valence-corrected chi connectivity index (χ0v) is 51.5. The lowest BCUT2D eigenvalue weighted by molar-refractivity contribution is -0.170. The first-order chi connectivity index (χ1) is 41.1. The zero-order valence-electron chi connectivity index (χ0n) is 51.5. The summed E-state index contributed by atoms with van der Waals surface area (Å²) in [7, 11) is 0. The van der Waals surface area contributed by atoms with Gasteiger partial charge in [0, 0.05) is 38.5 Å². The quantitative estimate of drug-likeness (QED) is 0.0242. The van der Waals surface area contributed by atoms with Crippen LogP contribution >= 0.6 is 0 Å². The molecule has 30 heteroatoms. The van der Waals surface area contributed by atoms with Gasteiger partial charge < -0.3 is 117 Å². The van der Waals surface area contributed by atoms with Crippen molar-refractivity contribution in [3.8, 4) is 0 Å². The third-order valence-corrected chi connectivity index (χ3v) is 12.0. The maximum absolute atomic E-state index is 11.8. The van der Waals surface area contributed by atoms with E-state index in [1.165, 1.54) is 20.8 Å². The van der Waals surface area contributed by atoms with Gasteiger partial charge in [0.15, 0.2) is 17.4 Å². The number of ketones is 3. The molecule has 0 radical (unpaired) electrons. The highest BCUT2D eigenvalue weighted by Crippen LogP contribution is 2.30. The van der Waals surface area contributed by atoms with Gasteiger partial charge in [-0.1, -0.05) is 29.7 Å². The summed E-state index contributed by atoms with van der Waals surface area (Å²) in [4.78, 5) is 101. The van der Waals surface area contributed by atoms with Crippen molar-refractivity contribution in [1.29, 1.82) is 0 Å². The molecule has 0 saturated carbocycles. The zero-order chi connectivity index (χ0) is 66.1. The third-order valence-electron chi connectivity index (χ3n) is 12.0. The van der Waals surface area contributed by atoms with E-state index in [0.717, 1.165) is 0 Å². The second-order valence-electron chi connectivity index (χ2n) is 20.7. The van der Waals surface area contributed by atoms with Crippen molar-refractivity contribution in [3.05, 3.63) is 0 Å². The van der Waals surface area contributed by atoms with Crippen molar-refractivity contribution in [1.82, 2.24) is 0 Å². The summed E-state index contributed by atoms with van der Waals surface area (Å²) < 4.78 is 63.2. The van der Waals surface area contributed by atoms with Crippen LogP contribution in [-0.2, 0) is 100.0 Å². The van der Waals surface area contributed by atoms with Crippen LogP contribution in [-0.4, -0.2) is 253 Å². The second kappa shape index (κ2) is 59.0. The molecule has 9 N–H and O–H groups in total.